The van der Waals surface area contributed by atoms with Crippen molar-refractivity contribution in [1.29, 1.82) is 0 Å². The summed E-state index contributed by atoms with van der Waals surface area (Å²) in [4.78, 5) is 12.2. The fourth-order valence-electron chi connectivity index (χ4n) is 2.41. The van der Waals surface area contributed by atoms with Crippen LogP contribution in [0.4, 0.5) is 0 Å². The lowest BCUT2D eigenvalue weighted by atomic mass is 9.86. The minimum absolute atomic E-state index is 0.0844. The Labute approximate surface area is 111 Å². The van der Waals surface area contributed by atoms with E-state index in [9.17, 15) is 4.79 Å². The number of hydrogen-bond acceptors (Lipinski definition) is 1. The molecule has 0 fully saturated rings. The molecule has 0 unspecified atom stereocenters. The van der Waals surface area contributed by atoms with Crippen molar-refractivity contribution in [2.24, 2.45) is 5.92 Å². The Hall–Kier alpha value is -0.990. The fourth-order valence-corrected chi connectivity index (χ4v) is 2.41. The van der Waals surface area contributed by atoms with E-state index in [2.05, 4.69) is 51.3 Å². The Morgan fingerprint density at radius 1 is 1.28 bits per heavy atom. The van der Waals surface area contributed by atoms with Gasteiger partial charge in [0.15, 0.2) is 0 Å². The molecule has 0 radical (unpaired) electrons. The highest BCUT2D eigenvalue weighted by Crippen LogP contribution is 2.24. The van der Waals surface area contributed by atoms with E-state index < -0.39 is 0 Å². The van der Waals surface area contributed by atoms with Crippen LogP contribution in [-0.2, 0) is 18.4 Å². The van der Waals surface area contributed by atoms with Crippen molar-refractivity contribution >= 4 is 0 Å². The Morgan fingerprint density at radius 3 is 2.33 bits per heavy atom. The van der Waals surface area contributed by atoms with Gasteiger partial charge in [-0.15, -0.1) is 0 Å². The topological polar surface area (TPSA) is 37.8 Å². The van der Waals surface area contributed by atoms with Crippen molar-refractivity contribution in [3.05, 3.63) is 21.6 Å². The molecule has 0 aromatic carbocycles. The van der Waals surface area contributed by atoms with Crippen LogP contribution in [0.5, 0.6) is 0 Å². The van der Waals surface area contributed by atoms with Crippen LogP contribution >= 0.6 is 0 Å². The molecular weight excluding hydrogens is 224 g/mol. The minimum atomic E-state index is -0.0844. The molecule has 1 heterocycles. The van der Waals surface area contributed by atoms with E-state index in [0.29, 0.717) is 5.92 Å². The summed E-state index contributed by atoms with van der Waals surface area (Å²) in [6, 6.07) is 0. The Kier molecular flexibility index (Phi) is 4.83. The molecule has 0 bridgehead atoms. The van der Waals surface area contributed by atoms with Crippen molar-refractivity contribution in [2.75, 3.05) is 0 Å². The van der Waals surface area contributed by atoms with Gasteiger partial charge >= 0.3 is 0 Å². The first kappa shape index (κ1) is 15.1. The summed E-state index contributed by atoms with van der Waals surface area (Å²) in [6.07, 6.45) is 3.29. The summed E-state index contributed by atoms with van der Waals surface area (Å²) in [5.74, 6) is 0.543. The number of H-pyrrole nitrogens is 1. The molecule has 1 N–H and O–H groups in total. The van der Waals surface area contributed by atoms with Crippen LogP contribution in [0.15, 0.2) is 4.79 Å². The van der Waals surface area contributed by atoms with Gasteiger partial charge in [-0.2, -0.15) is 0 Å². The molecule has 3 nitrogen and oxygen atoms in total. The molecule has 0 aliphatic carbocycles. The Morgan fingerprint density at radius 2 is 1.89 bits per heavy atom. The van der Waals surface area contributed by atoms with Crippen LogP contribution < -0.4 is 5.56 Å². The maximum absolute atomic E-state index is 12.2. The second-order valence-electron chi connectivity index (χ2n) is 6.62. The molecule has 1 aromatic rings. The highest BCUT2D eigenvalue weighted by Gasteiger charge is 2.25. The van der Waals surface area contributed by atoms with Crippen LogP contribution in [0, 0.1) is 5.92 Å². The highest BCUT2D eigenvalue weighted by molar-refractivity contribution is 5.26. The number of nitrogens with one attached hydrogen (secondary N) is 1. The van der Waals surface area contributed by atoms with E-state index in [4.69, 9.17) is 0 Å². The van der Waals surface area contributed by atoms with Gasteiger partial charge in [-0.25, -0.2) is 0 Å². The van der Waals surface area contributed by atoms with Gasteiger partial charge in [-0.3, -0.25) is 14.6 Å². The second kappa shape index (κ2) is 5.77. The van der Waals surface area contributed by atoms with Gasteiger partial charge in [0.2, 0.25) is 0 Å². The van der Waals surface area contributed by atoms with Crippen LogP contribution in [-0.4, -0.2) is 9.78 Å². The van der Waals surface area contributed by atoms with Gasteiger partial charge in [0.25, 0.3) is 5.56 Å². The Bertz CT molecular complexity index is 432. The summed E-state index contributed by atoms with van der Waals surface area (Å²) < 4.78 is 2.07. The maximum Gasteiger partial charge on any atom is 0.268 e. The van der Waals surface area contributed by atoms with Gasteiger partial charge in [0.1, 0.15) is 0 Å². The quantitative estimate of drug-likeness (QED) is 0.856. The lowest BCUT2D eigenvalue weighted by Gasteiger charge is -2.19. The summed E-state index contributed by atoms with van der Waals surface area (Å²) in [5.41, 5.74) is 2.19. The normalized spacial score (nSPS) is 12.4. The predicted molar refractivity (Wildman–Crippen MR) is 77.2 cm³/mol. The third-order valence-corrected chi connectivity index (χ3v) is 3.14. The van der Waals surface area contributed by atoms with E-state index in [0.717, 1.165) is 31.4 Å². The minimum Gasteiger partial charge on any atom is -0.289 e. The smallest absolute Gasteiger partial charge is 0.268 e. The number of rotatable bonds is 5. The number of aromatic amines is 1. The number of nitrogens with zero attached hydrogens (tertiary/aromatic N) is 1. The first-order chi connectivity index (χ1) is 8.27. The van der Waals surface area contributed by atoms with Crippen LogP contribution in [0.2, 0.25) is 0 Å². The van der Waals surface area contributed by atoms with Crippen molar-refractivity contribution in [3.8, 4) is 0 Å². The molecule has 0 atom stereocenters. The zero-order valence-electron chi connectivity index (χ0n) is 12.8. The van der Waals surface area contributed by atoms with Gasteiger partial charge < -0.3 is 0 Å². The third kappa shape index (κ3) is 3.50. The molecule has 0 saturated heterocycles. The molecule has 3 heteroatoms. The fraction of sp³-hybridized carbons (Fsp3) is 0.800. The largest absolute Gasteiger partial charge is 0.289 e. The van der Waals surface area contributed by atoms with E-state index >= 15 is 0 Å². The summed E-state index contributed by atoms with van der Waals surface area (Å²) in [7, 11) is 0. The van der Waals surface area contributed by atoms with E-state index in [-0.39, 0.29) is 11.0 Å². The van der Waals surface area contributed by atoms with Crippen molar-refractivity contribution < 1.29 is 0 Å². The molecule has 18 heavy (non-hydrogen) atoms. The zero-order valence-corrected chi connectivity index (χ0v) is 12.8. The summed E-state index contributed by atoms with van der Waals surface area (Å²) in [5, 5.41) is 3.02. The molecule has 1 rings (SSSR count). The Balaban J connectivity index is 3.23. The maximum atomic E-state index is 12.2. The molecule has 0 spiro atoms. The van der Waals surface area contributed by atoms with Crippen LogP contribution in [0.25, 0.3) is 0 Å². The van der Waals surface area contributed by atoms with E-state index in [1.54, 1.807) is 0 Å². The standard InChI is InChI=1S/C15H28N2O/c1-7-8-9-12-13(15(4,5)6)14(18)16-17(12)10-11(2)3/h11H,7-10H2,1-6H3,(H,16,18). The lowest BCUT2D eigenvalue weighted by molar-refractivity contribution is 0.460. The van der Waals surface area contributed by atoms with E-state index in [1.165, 1.54) is 5.69 Å². The number of unbranched alkanes of at least 4 members (excludes halogenated alkanes) is 1. The first-order valence-electron chi connectivity index (χ1n) is 7.09. The summed E-state index contributed by atoms with van der Waals surface area (Å²) >= 11 is 0. The first-order valence-corrected chi connectivity index (χ1v) is 7.09. The molecular formula is C15H28N2O. The predicted octanol–water partition coefficient (Wildman–Crippen LogP) is 3.47. The lowest BCUT2D eigenvalue weighted by Crippen LogP contribution is -2.22. The third-order valence-electron chi connectivity index (χ3n) is 3.14. The molecule has 104 valence electrons. The number of aromatic nitrogens is 2. The van der Waals surface area contributed by atoms with Crippen LogP contribution in [0.3, 0.4) is 0 Å². The summed E-state index contributed by atoms with van der Waals surface area (Å²) in [6.45, 7) is 13.8. The van der Waals surface area contributed by atoms with Crippen molar-refractivity contribution in [1.82, 2.24) is 9.78 Å². The van der Waals surface area contributed by atoms with Gasteiger partial charge in [0.05, 0.1) is 0 Å². The molecule has 0 aliphatic rings. The van der Waals surface area contributed by atoms with Gasteiger partial charge in [-0.05, 0) is 24.2 Å². The van der Waals surface area contributed by atoms with Crippen molar-refractivity contribution in [3.63, 3.8) is 0 Å². The SMILES string of the molecule is CCCCc1c(C(C)(C)C)c(=O)[nH]n1CC(C)C. The highest BCUT2D eigenvalue weighted by atomic mass is 16.1. The van der Waals surface area contributed by atoms with Gasteiger partial charge in [0, 0.05) is 17.8 Å². The zero-order chi connectivity index (χ0) is 13.9. The molecule has 0 aliphatic heterocycles. The van der Waals surface area contributed by atoms with Crippen LogP contribution in [0.1, 0.15) is 65.6 Å². The average Bonchev–Trinajstić information content (AvgIpc) is 2.49. The van der Waals surface area contributed by atoms with Crippen molar-refractivity contribution in [2.45, 2.75) is 72.8 Å². The second-order valence-corrected chi connectivity index (χ2v) is 6.62. The monoisotopic (exact) mass is 252 g/mol. The molecule has 0 saturated carbocycles. The molecule has 0 amide bonds. The number of hydrogen-bond donors (Lipinski definition) is 1. The average molecular weight is 252 g/mol. The van der Waals surface area contributed by atoms with Gasteiger partial charge in [-0.1, -0.05) is 48.0 Å². The molecule has 1 aromatic heterocycles. The van der Waals surface area contributed by atoms with E-state index in [1.807, 2.05) is 0 Å².